The highest BCUT2D eigenvalue weighted by Gasteiger charge is 2.10. The summed E-state index contributed by atoms with van der Waals surface area (Å²) in [5.74, 6) is 0.468. The fourth-order valence-corrected chi connectivity index (χ4v) is 2.79. The van der Waals surface area contributed by atoms with E-state index in [1.54, 1.807) is 48.7 Å². The number of benzene rings is 1. The second kappa shape index (κ2) is 9.18. The van der Waals surface area contributed by atoms with E-state index in [9.17, 15) is 4.79 Å². The zero-order valence-corrected chi connectivity index (χ0v) is 16.0. The molecular weight excluding hydrogens is 399 g/mol. The van der Waals surface area contributed by atoms with Gasteiger partial charge in [-0.3, -0.25) is 9.78 Å². The third-order valence-electron chi connectivity index (χ3n) is 3.65. The van der Waals surface area contributed by atoms with Crippen LogP contribution in [0, 0.1) is 11.3 Å². The Hall–Kier alpha value is -3.14. The predicted molar refractivity (Wildman–Crippen MR) is 107 cm³/mol. The zero-order valence-electron chi connectivity index (χ0n) is 14.5. The van der Waals surface area contributed by atoms with Crippen LogP contribution >= 0.6 is 23.2 Å². The summed E-state index contributed by atoms with van der Waals surface area (Å²) >= 11 is 12.0. The summed E-state index contributed by atoms with van der Waals surface area (Å²) in [5, 5.41) is 12.1. The second-order valence-electron chi connectivity index (χ2n) is 5.66. The fourth-order valence-electron chi connectivity index (χ4n) is 2.34. The molecule has 28 heavy (non-hydrogen) atoms. The van der Waals surface area contributed by atoms with E-state index in [0.29, 0.717) is 38.5 Å². The van der Waals surface area contributed by atoms with Crippen molar-refractivity contribution in [2.75, 3.05) is 6.54 Å². The van der Waals surface area contributed by atoms with E-state index in [-0.39, 0.29) is 18.9 Å². The Labute approximate surface area is 171 Å². The fraction of sp³-hybridized carbons (Fsp3) is 0.100. The zero-order chi connectivity index (χ0) is 19.9. The normalized spacial score (nSPS) is 10.2. The Bertz CT molecular complexity index is 1050. The summed E-state index contributed by atoms with van der Waals surface area (Å²) in [7, 11) is 0. The van der Waals surface area contributed by atoms with Crippen LogP contribution in [0.25, 0.3) is 11.3 Å². The highest BCUT2D eigenvalue weighted by atomic mass is 35.5. The minimum absolute atomic E-state index is 0.243. The quantitative estimate of drug-likeness (QED) is 0.582. The number of rotatable bonds is 6. The van der Waals surface area contributed by atoms with Crippen molar-refractivity contribution in [1.29, 1.82) is 5.26 Å². The van der Waals surface area contributed by atoms with Crippen molar-refractivity contribution in [2.45, 2.75) is 6.42 Å². The maximum atomic E-state index is 12.1. The molecule has 0 atom stereocenters. The molecule has 1 aromatic carbocycles. The van der Waals surface area contributed by atoms with E-state index in [4.69, 9.17) is 33.2 Å². The monoisotopic (exact) mass is 412 g/mol. The van der Waals surface area contributed by atoms with Crippen molar-refractivity contribution in [3.63, 3.8) is 0 Å². The number of pyridine rings is 2. The highest BCUT2D eigenvalue weighted by Crippen LogP contribution is 2.31. The number of ether oxygens (including phenoxy) is 1. The molecule has 0 radical (unpaired) electrons. The molecule has 0 aliphatic rings. The summed E-state index contributed by atoms with van der Waals surface area (Å²) in [6.07, 6.45) is 3.31. The largest absolute Gasteiger partial charge is 0.437 e. The van der Waals surface area contributed by atoms with Crippen LogP contribution in [0.3, 0.4) is 0 Å². The molecule has 8 heteroatoms. The van der Waals surface area contributed by atoms with Crippen molar-refractivity contribution >= 4 is 29.1 Å². The molecular formula is C20H14Cl2N4O2. The maximum absolute atomic E-state index is 12.1. The number of nitriles is 1. The SMILES string of the molecule is N#CCCNC(=O)c1cncc(-c2cccc(Oc3ccc(Cl)cc3Cl)n2)c1. The average Bonchev–Trinajstić information content (AvgIpc) is 2.70. The van der Waals surface area contributed by atoms with E-state index in [0.717, 1.165) is 0 Å². The lowest BCUT2D eigenvalue weighted by molar-refractivity contribution is 0.0954. The van der Waals surface area contributed by atoms with Gasteiger partial charge in [0.15, 0.2) is 0 Å². The molecule has 0 saturated carbocycles. The molecule has 3 rings (SSSR count). The molecule has 0 fully saturated rings. The summed E-state index contributed by atoms with van der Waals surface area (Å²) in [5.41, 5.74) is 1.62. The van der Waals surface area contributed by atoms with Crippen LogP contribution in [0.2, 0.25) is 10.0 Å². The van der Waals surface area contributed by atoms with Crippen molar-refractivity contribution in [1.82, 2.24) is 15.3 Å². The molecule has 2 heterocycles. The highest BCUT2D eigenvalue weighted by molar-refractivity contribution is 6.35. The Kier molecular flexibility index (Phi) is 6.43. The standard InChI is InChI=1S/C20H14Cl2N4O2/c21-15-5-6-18(16(22)10-15)28-19-4-1-3-17(26-19)13-9-14(12-24-11-13)20(27)25-8-2-7-23/h1,3-6,9-12H,2,8H2,(H,25,27). The summed E-state index contributed by atoms with van der Waals surface area (Å²) in [4.78, 5) is 20.7. The number of nitrogens with one attached hydrogen (secondary N) is 1. The topological polar surface area (TPSA) is 87.9 Å². The van der Waals surface area contributed by atoms with Crippen LogP contribution in [0.4, 0.5) is 0 Å². The average molecular weight is 413 g/mol. The molecule has 0 aliphatic heterocycles. The van der Waals surface area contributed by atoms with Crippen LogP contribution in [0.15, 0.2) is 54.9 Å². The molecule has 0 saturated heterocycles. The van der Waals surface area contributed by atoms with Crippen molar-refractivity contribution < 1.29 is 9.53 Å². The third-order valence-corrected chi connectivity index (χ3v) is 4.18. The number of hydrogen-bond donors (Lipinski definition) is 1. The molecule has 0 spiro atoms. The molecule has 140 valence electrons. The first-order chi connectivity index (χ1) is 13.6. The molecule has 1 amide bonds. The van der Waals surface area contributed by atoms with Gasteiger partial charge in [-0.25, -0.2) is 4.98 Å². The van der Waals surface area contributed by atoms with Gasteiger partial charge >= 0.3 is 0 Å². The number of carbonyl (C=O) groups is 1. The lowest BCUT2D eigenvalue weighted by Crippen LogP contribution is -2.24. The molecule has 6 nitrogen and oxygen atoms in total. The van der Waals surface area contributed by atoms with E-state index >= 15 is 0 Å². The van der Waals surface area contributed by atoms with Gasteiger partial charge in [0.25, 0.3) is 5.91 Å². The Balaban J connectivity index is 1.81. The third kappa shape index (κ3) is 4.97. The van der Waals surface area contributed by atoms with E-state index in [1.165, 1.54) is 6.20 Å². The van der Waals surface area contributed by atoms with Gasteiger partial charge in [0.2, 0.25) is 5.88 Å². The van der Waals surface area contributed by atoms with Crippen LogP contribution in [-0.4, -0.2) is 22.4 Å². The van der Waals surface area contributed by atoms with Crippen LogP contribution in [-0.2, 0) is 0 Å². The molecule has 0 aliphatic carbocycles. The molecule has 2 aromatic heterocycles. The van der Waals surface area contributed by atoms with Gasteiger partial charge in [-0.2, -0.15) is 5.26 Å². The van der Waals surface area contributed by atoms with Crippen LogP contribution < -0.4 is 10.1 Å². The van der Waals surface area contributed by atoms with Crippen molar-refractivity contribution in [3.8, 4) is 29.0 Å². The van der Waals surface area contributed by atoms with Gasteiger partial charge in [0.05, 0.1) is 28.8 Å². The summed E-state index contributed by atoms with van der Waals surface area (Å²) in [6.45, 7) is 0.281. The first-order valence-electron chi connectivity index (χ1n) is 8.27. The van der Waals surface area contributed by atoms with E-state index < -0.39 is 0 Å². The first kappa shape index (κ1) is 19.6. The van der Waals surface area contributed by atoms with Crippen molar-refractivity contribution in [3.05, 3.63) is 70.5 Å². The van der Waals surface area contributed by atoms with Gasteiger partial charge in [0.1, 0.15) is 5.75 Å². The summed E-state index contributed by atoms with van der Waals surface area (Å²) < 4.78 is 5.74. The Morgan fingerprint density at radius 1 is 1.18 bits per heavy atom. The number of aromatic nitrogens is 2. The van der Waals surface area contributed by atoms with Crippen molar-refractivity contribution in [2.24, 2.45) is 0 Å². The Morgan fingerprint density at radius 2 is 2.04 bits per heavy atom. The summed E-state index contributed by atoms with van der Waals surface area (Å²) in [6, 6.07) is 13.8. The molecule has 1 N–H and O–H groups in total. The lowest BCUT2D eigenvalue weighted by atomic mass is 10.1. The first-order valence-corrected chi connectivity index (χ1v) is 9.03. The minimum Gasteiger partial charge on any atom is -0.437 e. The number of amides is 1. The van der Waals surface area contributed by atoms with E-state index in [1.807, 2.05) is 6.07 Å². The minimum atomic E-state index is -0.301. The van der Waals surface area contributed by atoms with Gasteiger partial charge < -0.3 is 10.1 Å². The predicted octanol–water partition coefficient (Wildman–Crippen LogP) is 4.89. The second-order valence-corrected chi connectivity index (χ2v) is 6.51. The Morgan fingerprint density at radius 3 is 2.82 bits per heavy atom. The smallest absolute Gasteiger partial charge is 0.252 e. The van der Waals surface area contributed by atoms with Crippen LogP contribution in [0.1, 0.15) is 16.8 Å². The molecule has 0 bridgehead atoms. The molecule has 3 aromatic rings. The lowest BCUT2D eigenvalue weighted by Gasteiger charge is -2.09. The van der Waals surface area contributed by atoms with Crippen LogP contribution in [0.5, 0.6) is 11.6 Å². The van der Waals surface area contributed by atoms with Gasteiger partial charge in [-0.15, -0.1) is 0 Å². The number of carbonyl (C=O) groups excluding carboxylic acids is 1. The van der Waals surface area contributed by atoms with Gasteiger partial charge in [-0.1, -0.05) is 29.3 Å². The van der Waals surface area contributed by atoms with Gasteiger partial charge in [-0.05, 0) is 30.3 Å². The maximum Gasteiger partial charge on any atom is 0.252 e. The van der Waals surface area contributed by atoms with Gasteiger partial charge in [0, 0.05) is 35.6 Å². The number of hydrogen-bond acceptors (Lipinski definition) is 5. The van der Waals surface area contributed by atoms with E-state index in [2.05, 4.69) is 15.3 Å². The molecule has 0 unspecified atom stereocenters. The number of halogens is 2. The number of nitrogens with zero attached hydrogens (tertiary/aromatic N) is 3.